The summed E-state index contributed by atoms with van der Waals surface area (Å²) in [5, 5.41) is 0. The molecule has 3 aliphatic rings. The quantitative estimate of drug-likeness (QED) is 0.238. The van der Waals surface area contributed by atoms with Gasteiger partial charge in [-0.15, -0.1) is 0 Å². The average molecular weight is 602 g/mol. The Bertz CT molecular complexity index is 1790. The number of benzene rings is 1. The van der Waals surface area contributed by atoms with E-state index in [0.29, 0.717) is 45.1 Å². The number of carbonyl (C=O) groups is 1. The zero-order valence-corrected chi connectivity index (χ0v) is 24.5. The molecular weight excluding hydrogens is 574 g/mol. The van der Waals surface area contributed by atoms with E-state index in [1.54, 1.807) is 35.1 Å². The Morgan fingerprint density at radius 1 is 1.02 bits per heavy atom. The molecule has 12 heteroatoms. The van der Waals surface area contributed by atoms with Crippen LogP contribution >= 0.6 is 24.0 Å². The Morgan fingerprint density at radius 3 is 2.67 bits per heavy atom. The van der Waals surface area contributed by atoms with E-state index >= 15 is 0 Å². The number of pyridine rings is 1. The van der Waals surface area contributed by atoms with Crippen LogP contribution in [0, 0.1) is 6.92 Å². The zero-order valence-electron chi connectivity index (χ0n) is 22.8. The van der Waals surface area contributed by atoms with Crippen LogP contribution in [0.15, 0.2) is 69.0 Å². The minimum Gasteiger partial charge on any atom is -0.467 e. The van der Waals surface area contributed by atoms with E-state index in [4.69, 9.17) is 31.1 Å². The van der Waals surface area contributed by atoms with Crippen molar-refractivity contribution in [1.29, 1.82) is 0 Å². The van der Waals surface area contributed by atoms with Gasteiger partial charge >= 0.3 is 0 Å². The first kappa shape index (κ1) is 26.7. The number of piperazine rings is 1. The van der Waals surface area contributed by atoms with Gasteiger partial charge in [-0.3, -0.25) is 23.8 Å². The van der Waals surface area contributed by atoms with Crippen LogP contribution in [-0.2, 0) is 17.9 Å². The summed E-state index contributed by atoms with van der Waals surface area (Å²) in [6.07, 6.45) is 4.99. The summed E-state index contributed by atoms with van der Waals surface area (Å²) in [6.45, 7) is 6.13. The number of rotatable bonds is 6. The zero-order chi connectivity index (χ0) is 28.8. The largest absolute Gasteiger partial charge is 0.467 e. The summed E-state index contributed by atoms with van der Waals surface area (Å²) in [5.74, 6) is 2.51. The van der Waals surface area contributed by atoms with E-state index in [1.165, 1.54) is 16.7 Å². The van der Waals surface area contributed by atoms with Crippen molar-refractivity contribution in [3.63, 3.8) is 0 Å². The topological polar surface area (TPSA) is 92.8 Å². The first-order valence-electron chi connectivity index (χ1n) is 13.6. The van der Waals surface area contributed by atoms with Gasteiger partial charge in [-0.2, -0.15) is 0 Å². The first-order valence-corrected chi connectivity index (χ1v) is 14.8. The summed E-state index contributed by atoms with van der Waals surface area (Å²) in [7, 11) is 0. The van der Waals surface area contributed by atoms with Crippen LogP contribution in [0.4, 0.5) is 5.82 Å². The molecule has 0 bridgehead atoms. The van der Waals surface area contributed by atoms with E-state index < -0.39 is 0 Å². The van der Waals surface area contributed by atoms with Crippen molar-refractivity contribution in [1.82, 2.24) is 19.2 Å². The van der Waals surface area contributed by atoms with Crippen molar-refractivity contribution in [3.8, 4) is 11.5 Å². The molecule has 0 atom stereocenters. The van der Waals surface area contributed by atoms with Gasteiger partial charge in [0.05, 0.1) is 23.3 Å². The third kappa shape index (κ3) is 5.06. The van der Waals surface area contributed by atoms with E-state index in [9.17, 15) is 9.59 Å². The van der Waals surface area contributed by atoms with Crippen LogP contribution in [-0.4, -0.2) is 62.4 Å². The maximum Gasteiger partial charge on any atom is 0.267 e. The molecule has 4 aromatic rings. The number of amides is 1. The normalized spacial score (nSPS) is 18.2. The second-order valence-electron chi connectivity index (χ2n) is 10.4. The highest BCUT2D eigenvalue weighted by molar-refractivity contribution is 8.26. The molecular formula is C30H27N5O5S2. The van der Waals surface area contributed by atoms with E-state index in [1.807, 2.05) is 31.2 Å². The molecule has 10 nitrogen and oxygen atoms in total. The first-order chi connectivity index (χ1) is 20.4. The Balaban J connectivity index is 1.17. The van der Waals surface area contributed by atoms with Crippen molar-refractivity contribution in [2.75, 3.05) is 37.9 Å². The molecule has 0 unspecified atom stereocenters. The lowest BCUT2D eigenvalue weighted by Gasteiger charge is -2.36. The van der Waals surface area contributed by atoms with Crippen molar-refractivity contribution in [3.05, 3.63) is 92.6 Å². The summed E-state index contributed by atoms with van der Waals surface area (Å²) in [4.78, 5) is 38.6. The summed E-state index contributed by atoms with van der Waals surface area (Å²) < 4.78 is 18.4. The van der Waals surface area contributed by atoms with Crippen molar-refractivity contribution in [2.24, 2.45) is 0 Å². The van der Waals surface area contributed by atoms with Crippen LogP contribution in [0.2, 0.25) is 0 Å². The minimum absolute atomic E-state index is 0.224. The van der Waals surface area contributed by atoms with E-state index in [2.05, 4.69) is 15.9 Å². The van der Waals surface area contributed by atoms with Gasteiger partial charge in [0.2, 0.25) is 6.79 Å². The molecule has 3 aliphatic heterocycles. The monoisotopic (exact) mass is 601 g/mol. The number of hydrogen-bond donors (Lipinski definition) is 0. The average Bonchev–Trinajstić information content (AvgIpc) is 3.74. The maximum absolute atomic E-state index is 13.9. The molecule has 7 rings (SSSR count). The van der Waals surface area contributed by atoms with Crippen LogP contribution in [0.25, 0.3) is 11.7 Å². The molecule has 42 heavy (non-hydrogen) atoms. The van der Waals surface area contributed by atoms with Gasteiger partial charge in [0.15, 0.2) is 11.5 Å². The highest BCUT2D eigenvalue weighted by atomic mass is 32.2. The van der Waals surface area contributed by atoms with Crippen LogP contribution in [0.1, 0.15) is 22.5 Å². The van der Waals surface area contributed by atoms with Crippen molar-refractivity contribution in [2.45, 2.75) is 20.0 Å². The highest BCUT2D eigenvalue weighted by Gasteiger charge is 2.34. The van der Waals surface area contributed by atoms with Crippen molar-refractivity contribution < 1.29 is 18.7 Å². The maximum atomic E-state index is 13.9. The number of ether oxygens (including phenoxy) is 2. The fourth-order valence-corrected chi connectivity index (χ4v) is 6.59. The standard InChI is InChI=1S/C30H27N5O5S2/c1-19-4-7-26-31-27(33-10-8-32(9-11-33)16-20-5-6-23-24(13-20)40-18-39-23)22(28(36)34(26)15-19)14-25-29(37)35(30(41)42-25)17-21-3-2-12-38-21/h2-7,12-15H,8-11,16-18H2,1H3/b25-14-. The van der Waals surface area contributed by atoms with Gasteiger partial charge in [0.1, 0.15) is 21.5 Å². The van der Waals surface area contributed by atoms with Gasteiger partial charge in [-0.1, -0.05) is 36.1 Å². The minimum atomic E-state index is -0.255. The molecule has 0 saturated carbocycles. The predicted octanol–water partition coefficient (Wildman–Crippen LogP) is 4.05. The summed E-state index contributed by atoms with van der Waals surface area (Å²) >= 11 is 6.70. The number of nitrogens with zero attached hydrogens (tertiary/aromatic N) is 5. The molecule has 2 saturated heterocycles. The highest BCUT2D eigenvalue weighted by Crippen LogP contribution is 2.35. The SMILES string of the molecule is Cc1ccc2nc(N3CCN(Cc4ccc5c(c4)OCO5)CC3)c(/C=C3\SC(=S)N(Cc4ccco4)C3=O)c(=O)n2c1. The number of thiocarbonyl (C=S) groups is 1. The van der Waals surface area contributed by atoms with Crippen LogP contribution in [0.5, 0.6) is 11.5 Å². The second kappa shape index (κ2) is 10.9. The number of anilines is 1. The lowest BCUT2D eigenvalue weighted by Crippen LogP contribution is -2.47. The lowest BCUT2D eigenvalue weighted by molar-refractivity contribution is -0.122. The van der Waals surface area contributed by atoms with Gasteiger partial charge in [-0.25, -0.2) is 4.98 Å². The third-order valence-corrected chi connectivity index (χ3v) is 8.92. The number of fused-ring (bicyclic) bond motifs is 2. The van der Waals surface area contributed by atoms with E-state index in [-0.39, 0.29) is 24.8 Å². The Labute approximate surface area is 251 Å². The lowest BCUT2D eigenvalue weighted by atomic mass is 10.1. The molecule has 2 fully saturated rings. The predicted molar refractivity (Wildman–Crippen MR) is 164 cm³/mol. The van der Waals surface area contributed by atoms with Gasteiger partial charge in [0.25, 0.3) is 11.5 Å². The molecule has 1 amide bonds. The molecule has 0 spiro atoms. The Kier molecular flexibility index (Phi) is 6.96. The van der Waals surface area contributed by atoms with E-state index in [0.717, 1.165) is 42.3 Å². The van der Waals surface area contributed by atoms with Crippen LogP contribution in [0.3, 0.4) is 0 Å². The Morgan fingerprint density at radius 2 is 1.86 bits per heavy atom. The molecule has 0 radical (unpaired) electrons. The van der Waals surface area contributed by atoms with Crippen LogP contribution < -0.4 is 19.9 Å². The molecule has 6 heterocycles. The second-order valence-corrected chi connectivity index (χ2v) is 12.1. The fourth-order valence-electron chi connectivity index (χ4n) is 5.36. The number of carbonyl (C=O) groups excluding carboxylic acids is 1. The smallest absolute Gasteiger partial charge is 0.267 e. The third-order valence-electron chi connectivity index (χ3n) is 7.54. The number of aryl methyl sites for hydroxylation is 1. The molecule has 1 aromatic carbocycles. The number of furan rings is 1. The van der Waals surface area contributed by atoms with Gasteiger partial charge in [-0.05, 0) is 54.5 Å². The Hall–Kier alpha value is -4.13. The molecule has 3 aromatic heterocycles. The van der Waals surface area contributed by atoms with Gasteiger partial charge < -0.3 is 18.8 Å². The fraction of sp³-hybridized carbons (Fsp3) is 0.267. The number of thioether (sulfide) groups is 1. The summed E-state index contributed by atoms with van der Waals surface area (Å²) in [6, 6.07) is 13.4. The number of aromatic nitrogens is 2. The number of hydrogen-bond acceptors (Lipinski definition) is 10. The molecule has 0 aliphatic carbocycles. The van der Waals surface area contributed by atoms with Gasteiger partial charge in [0, 0.05) is 38.9 Å². The summed E-state index contributed by atoms with van der Waals surface area (Å²) in [5.41, 5.74) is 2.80. The molecule has 214 valence electrons. The van der Waals surface area contributed by atoms with Crippen molar-refractivity contribution >= 4 is 51.7 Å². The molecule has 0 N–H and O–H groups in total.